The SMILES string of the molecule is COc1ccc(-c2nc3[nH]nc(N)c3cc2C#N)cc1. The summed E-state index contributed by atoms with van der Waals surface area (Å²) < 4.78 is 5.12. The number of nitrogens with zero attached hydrogens (tertiary/aromatic N) is 3. The molecule has 2 aromatic heterocycles. The molecule has 0 saturated carbocycles. The van der Waals surface area contributed by atoms with Gasteiger partial charge in [-0.15, -0.1) is 0 Å². The molecule has 20 heavy (non-hydrogen) atoms. The first-order valence-corrected chi connectivity index (χ1v) is 5.92. The second kappa shape index (κ2) is 4.55. The summed E-state index contributed by atoms with van der Waals surface area (Å²) in [5.74, 6) is 1.09. The van der Waals surface area contributed by atoms with Crippen LogP contribution in [-0.4, -0.2) is 22.3 Å². The van der Waals surface area contributed by atoms with Crippen LogP contribution in [0.4, 0.5) is 5.82 Å². The Bertz CT molecular complexity index is 814. The van der Waals surface area contributed by atoms with E-state index in [0.29, 0.717) is 28.1 Å². The number of methoxy groups -OCH3 is 1. The molecular formula is C14H11N5O. The molecule has 3 aromatic rings. The van der Waals surface area contributed by atoms with Crippen LogP contribution in [0.15, 0.2) is 30.3 Å². The van der Waals surface area contributed by atoms with E-state index in [0.717, 1.165) is 11.3 Å². The van der Waals surface area contributed by atoms with Gasteiger partial charge in [0.2, 0.25) is 0 Å². The molecule has 3 N–H and O–H groups in total. The third-order valence-electron chi connectivity index (χ3n) is 3.06. The third-order valence-corrected chi connectivity index (χ3v) is 3.06. The van der Waals surface area contributed by atoms with E-state index in [2.05, 4.69) is 21.3 Å². The molecular weight excluding hydrogens is 254 g/mol. The van der Waals surface area contributed by atoms with Crippen molar-refractivity contribution < 1.29 is 4.74 Å². The number of hydrogen-bond acceptors (Lipinski definition) is 5. The zero-order valence-corrected chi connectivity index (χ0v) is 10.7. The van der Waals surface area contributed by atoms with Gasteiger partial charge in [-0.1, -0.05) is 0 Å². The average Bonchev–Trinajstić information content (AvgIpc) is 2.87. The zero-order chi connectivity index (χ0) is 14.1. The van der Waals surface area contributed by atoms with Crippen molar-refractivity contribution in [1.29, 1.82) is 5.26 Å². The van der Waals surface area contributed by atoms with Gasteiger partial charge in [0.25, 0.3) is 0 Å². The number of H-pyrrole nitrogens is 1. The lowest BCUT2D eigenvalue weighted by Crippen LogP contribution is -1.92. The first kappa shape index (κ1) is 12.0. The number of benzene rings is 1. The van der Waals surface area contributed by atoms with Gasteiger partial charge in [-0.3, -0.25) is 5.10 Å². The van der Waals surface area contributed by atoms with E-state index >= 15 is 0 Å². The fraction of sp³-hybridized carbons (Fsp3) is 0.0714. The maximum atomic E-state index is 9.28. The molecule has 0 fully saturated rings. The van der Waals surface area contributed by atoms with Gasteiger partial charge in [0.1, 0.15) is 11.8 Å². The second-order valence-corrected chi connectivity index (χ2v) is 4.23. The molecule has 0 aliphatic rings. The predicted molar refractivity (Wildman–Crippen MR) is 75.0 cm³/mol. The van der Waals surface area contributed by atoms with Crippen molar-refractivity contribution in [3.63, 3.8) is 0 Å². The number of nitriles is 1. The van der Waals surface area contributed by atoms with Gasteiger partial charge in [0.15, 0.2) is 11.5 Å². The van der Waals surface area contributed by atoms with Crippen molar-refractivity contribution in [2.75, 3.05) is 12.8 Å². The fourth-order valence-corrected chi connectivity index (χ4v) is 2.02. The summed E-state index contributed by atoms with van der Waals surface area (Å²) in [6, 6.07) is 11.2. The van der Waals surface area contributed by atoms with Gasteiger partial charge in [-0.25, -0.2) is 4.98 Å². The van der Waals surface area contributed by atoms with E-state index in [-0.39, 0.29) is 0 Å². The first-order chi connectivity index (χ1) is 9.72. The molecule has 0 spiro atoms. The highest BCUT2D eigenvalue weighted by molar-refractivity contribution is 5.89. The Hall–Kier alpha value is -3.07. The Morgan fingerprint density at radius 1 is 1.30 bits per heavy atom. The number of aromatic amines is 1. The maximum Gasteiger partial charge on any atom is 0.158 e. The summed E-state index contributed by atoms with van der Waals surface area (Å²) in [6.07, 6.45) is 0. The number of ether oxygens (including phenoxy) is 1. The third kappa shape index (κ3) is 1.82. The second-order valence-electron chi connectivity index (χ2n) is 4.23. The van der Waals surface area contributed by atoms with Crippen LogP contribution in [0.5, 0.6) is 5.75 Å². The number of aromatic nitrogens is 3. The minimum Gasteiger partial charge on any atom is -0.497 e. The minimum absolute atomic E-state index is 0.338. The molecule has 2 heterocycles. The molecule has 3 rings (SSSR count). The van der Waals surface area contributed by atoms with Crippen LogP contribution >= 0.6 is 0 Å². The van der Waals surface area contributed by atoms with Crippen LogP contribution in [0, 0.1) is 11.3 Å². The lowest BCUT2D eigenvalue weighted by Gasteiger charge is -2.05. The number of nitrogen functional groups attached to an aromatic ring is 1. The Balaban J connectivity index is 2.21. The smallest absolute Gasteiger partial charge is 0.158 e. The molecule has 0 atom stereocenters. The van der Waals surface area contributed by atoms with Crippen LogP contribution in [0.3, 0.4) is 0 Å². The monoisotopic (exact) mass is 265 g/mol. The highest BCUT2D eigenvalue weighted by Gasteiger charge is 2.12. The van der Waals surface area contributed by atoms with E-state index in [1.807, 2.05) is 24.3 Å². The number of nitrogens with one attached hydrogen (secondary N) is 1. The van der Waals surface area contributed by atoms with E-state index in [1.54, 1.807) is 13.2 Å². The molecule has 6 nitrogen and oxygen atoms in total. The van der Waals surface area contributed by atoms with Crippen molar-refractivity contribution in [3.8, 4) is 23.1 Å². The highest BCUT2D eigenvalue weighted by Crippen LogP contribution is 2.27. The summed E-state index contributed by atoms with van der Waals surface area (Å²) in [7, 11) is 1.60. The molecule has 0 bridgehead atoms. The van der Waals surface area contributed by atoms with E-state index in [1.165, 1.54) is 0 Å². The van der Waals surface area contributed by atoms with E-state index in [4.69, 9.17) is 10.5 Å². The van der Waals surface area contributed by atoms with Crippen molar-refractivity contribution in [2.24, 2.45) is 0 Å². The van der Waals surface area contributed by atoms with Crippen LogP contribution in [0.25, 0.3) is 22.3 Å². The lowest BCUT2D eigenvalue weighted by molar-refractivity contribution is 0.415. The van der Waals surface area contributed by atoms with Crippen LogP contribution < -0.4 is 10.5 Å². The number of fused-ring (bicyclic) bond motifs is 1. The minimum atomic E-state index is 0.338. The van der Waals surface area contributed by atoms with Crippen molar-refractivity contribution in [1.82, 2.24) is 15.2 Å². The molecule has 0 unspecified atom stereocenters. The fourth-order valence-electron chi connectivity index (χ4n) is 2.02. The highest BCUT2D eigenvalue weighted by atomic mass is 16.5. The first-order valence-electron chi connectivity index (χ1n) is 5.92. The molecule has 98 valence electrons. The zero-order valence-electron chi connectivity index (χ0n) is 10.7. The van der Waals surface area contributed by atoms with Crippen LogP contribution in [0.2, 0.25) is 0 Å². The van der Waals surface area contributed by atoms with Gasteiger partial charge >= 0.3 is 0 Å². The van der Waals surface area contributed by atoms with Crippen molar-refractivity contribution in [3.05, 3.63) is 35.9 Å². The summed E-state index contributed by atoms with van der Waals surface area (Å²) in [5.41, 5.74) is 8.16. The normalized spacial score (nSPS) is 10.4. The Labute approximate surface area is 114 Å². The van der Waals surface area contributed by atoms with Crippen molar-refractivity contribution >= 4 is 16.9 Å². The summed E-state index contributed by atoms with van der Waals surface area (Å²) >= 11 is 0. The molecule has 0 amide bonds. The van der Waals surface area contributed by atoms with Gasteiger partial charge in [-0.05, 0) is 30.3 Å². The quantitative estimate of drug-likeness (QED) is 0.738. The lowest BCUT2D eigenvalue weighted by atomic mass is 10.1. The standard InChI is InChI=1S/C14H11N5O/c1-20-10-4-2-8(3-5-10)12-9(7-15)6-11-13(16)18-19-14(11)17-12/h2-6H,1H3,(H3,16,17,18,19). The summed E-state index contributed by atoms with van der Waals surface area (Å²) in [5, 5.41) is 16.6. The number of anilines is 1. The number of nitrogens with two attached hydrogens (primary N) is 1. The Kier molecular flexibility index (Phi) is 2.73. The van der Waals surface area contributed by atoms with Crippen molar-refractivity contribution in [2.45, 2.75) is 0 Å². The summed E-state index contributed by atoms with van der Waals surface area (Å²) in [6.45, 7) is 0. The number of hydrogen-bond donors (Lipinski definition) is 2. The largest absolute Gasteiger partial charge is 0.497 e. The van der Waals surface area contributed by atoms with Gasteiger partial charge in [0, 0.05) is 5.56 Å². The average molecular weight is 265 g/mol. The van der Waals surface area contributed by atoms with E-state index < -0.39 is 0 Å². The van der Waals surface area contributed by atoms with Gasteiger partial charge in [0.05, 0.1) is 23.8 Å². The van der Waals surface area contributed by atoms with Crippen LogP contribution in [0.1, 0.15) is 5.56 Å². The molecule has 6 heteroatoms. The van der Waals surface area contributed by atoms with Crippen LogP contribution in [-0.2, 0) is 0 Å². The molecule has 0 aliphatic carbocycles. The molecule has 0 aliphatic heterocycles. The Morgan fingerprint density at radius 2 is 2.05 bits per heavy atom. The van der Waals surface area contributed by atoms with E-state index in [9.17, 15) is 5.26 Å². The topological polar surface area (TPSA) is 101 Å². The van der Waals surface area contributed by atoms with Gasteiger partial charge in [-0.2, -0.15) is 10.4 Å². The molecule has 1 aromatic carbocycles. The predicted octanol–water partition coefficient (Wildman–Crippen LogP) is 2.09. The molecule has 0 radical (unpaired) electrons. The molecule has 0 saturated heterocycles. The Morgan fingerprint density at radius 3 is 2.70 bits per heavy atom. The van der Waals surface area contributed by atoms with Gasteiger partial charge < -0.3 is 10.5 Å². The maximum absolute atomic E-state index is 9.28. The summed E-state index contributed by atoms with van der Waals surface area (Å²) in [4.78, 5) is 4.43. The number of rotatable bonds is 2. The number of pyridine rings is 1.